The van der Waals surface area contributed by atoms with E-state index in [0.717, 1.165) is 12.8 Å². The number of aromatic hydroxyl groups is 1. The van der Waals surface area contributed by atoms with E-state index in [1.165, 1.54) is 13.2 Å². The second-order valence-electron chi connectivity index (χ2n) is 9.00. The van der Waals surface area contributed by atoms with Gasteiger partial charge in [-0.25, -0.2) is 0 Å². The molecule has 158 valence electrons. The van der Waals surface area contributed by atoms with Gasteiger partial charge in [-0.15, -0.1) is 0 Å². The molecule has 3 aliphatic carbocycles. The lowest BCUT2D eigenvalue weighted by Gasteiger charge is -2.67. The number of carbonyl (C=O) groups is 2. The minimum Gasteiger partial charge on any atom is -0.507 e. The number of rotatable bonds is 5. The number of nitrogens with one attached hydrogen (secondary N) is 1. The van der Waals surface area contributed by atoms with E-state index in [9.17, 15) is 19.8 Å². The maximum atomic E-state index is 12.5. The molecule has 5 N–H and O–H groups in total. The van der Waals surface area contributed by atoms with Crippen molar-refractivity contribution in [2.75, 3.05) is 13.7 Å². The predicted molar refractivity (Wildman–Crippen MR) is 103 cm³/mol. The quantitative estimate of drug-likeness (QED) is 0.584. The lowest BCUT2D eigenvalue weighted by Crippen LogP contribution is -2.72. The van der Waals surface area contributed by atoms with E-state index in [4.69, 9.17) is 15.2 Å². The highest BCUT2D eigenvalue weighted by Crippen LogP contribution is 2.68. The number of benzene rings is 1. The fourth-order valence-electron chi connectivity index (χ4n) is 5.58. The van der Waals surface area contributed by atoms with Crippen molar-refractivity contribution in [2.45, 2.75) is 50.9 Å². The van der Waals surface area contributed by atoms with Crippen LogP contribution in [0.1, 0.15) is 55.1 Å². The Bertz CT molecular complexity index is 869. The maximum absolute atomic E-state index is 12.5. The Hall–Kier alpha value is -2.32. The van der Waals surface area contributed by atoms with Gasteiger partial charge in [-0.05, 0) is 42.2 Å². The first-order chi connectivity index (χ1) is 13.6. The molecule has 0 saturated heterocycles. The van der Waals surface area contributed by atoms with E-state index in [1.807, 2.05) is 0 Å². The molecule has 4 aliphatic rings. The second-order valence-corrected chi connectivity index (χ2v) is 9.00. The number of phenolic OH excluding ortho intramolecular Hbond substituents is 1. The largest absolute Gasteiger partial charge is 0.507 e. The molecule has 0 unspecified atom stereocenters. The van der Waals surface area contributed by atoms with Gasteiger partial charge in [-0.2, -0.15) is 0 Å². The van der Waals surface area contributed by atoms with E-state index in [-0.39, 0.29) is 41.2 Å². The van der Waals surface area contributed by atoms with Gasteiger partial charge in [0.15, 0.2) is 0 Å². The fourth-order valence-corrected chi connectivity index (χ4v) is 5.58. The first kappa shape index (κ1) is 20.0. The van der Waals surface area contributed by atoms with E-state index >= 15 is 0 Å². The van der Waals surface area contributed by atoms with Gasteiger partial charge < -0.3 is 30.7 Å². The summed E-state index contributed by atoms with van der Waals surface area (Å²) >= 11 is 0. The van der Waals surface area contributed by atoms with Crippen molar-refractivity contribution in [3.63, 3.8) is 0 Å². The Morgan fingerprint density at radius 1 is 1.34 bits per heavy atom. The van der Waals surface area contributed by atoms with E-state index in [1.54, 1.807) is 6.07 Å². The lowest BCUT2D eigenvalue weighted by atomic mass is 9.42. The molecular weight excluding hydrogens is 376 g/mol. The molecule has 2 amide bonds. The number of primary amides is 1. The topological polar surface area (TPSA) is 131 Å². The number of nitrogens with two attached hydrogens (primary N) is 1. The number of aliphatic hydroxyl groups is 1. The van der Waals surface area contributed by atoms with Gasteiger partial charge >= 0.3 is 0 Å². The molecule has 5 rings (SSSR count). The number of fused-ring (bicyclic) bond motifs is 1. The normalized spacial score (nSPS) is 33.5. The summed E-state index contributed by atoms with van der Waals surface area (Å²) in [5.74, 6) is -0.498. The molecule has 0 aromatic heterocycles. The molecule has 0 spiro atoms. The van der Waals surface area contributed by atoms with Gasteiger partial charge in [-0.3, -0.25) is 9.59 Å². The van der Waals surface area contributed by atoms with Crippen LogP contribution < -0.4 is 15.8 Å². The molecule has 8 nitrogen and oxygen atoms in total. The van der Waals surface area contributed by atoms with Crippen LogP contribution in [0.2, 0.25) is 0 Å². The van der Waals surface area contributed by atoms with Crippen molar-refractivity contribution in [3.8, 4) is 11.5 Å². The van der Waals surface area contributed by atoms with Gasteiger partial charge in [0.2, 0.25) is 5.91 Å². The van der Waals surface area contributed by atoms with Gasteiger partial charge in [0, 0.05) is 20.1 Å². The minimum absolute atomic E-state index is 0.000605. The molecule has 1 heterocycles. The number of hydrogen-bond donors (Lipinski definition) is 4. The standard InChI is InChI=1S/C21H28N2O6/c1-20(2)10-8-13(20)21(27)14(9-10)29-12-5-4-11(17(25)16(12)18(21)28-3)19(26)23-7-6-15(22)24/h4-5,10,13-14,18,25,27H,6-9H2,1-3H3,(H2,22,24)(H,23,26)/t10-,13-,14-,18+,21-/m1/s1. The fraction of sp³-hybridized carbons (Fsp3) is 0.619. The van der Waals surface area contributed by atoms with E-state index in [2.05, 4.69) is 19.2 Å². The SMILES string of the molecule is CO[C@H]1c2c(ccc(C(=O)NCCC(N)=O)c2O)O[C@@H]2C[C@H]3C[C@H](C3(C)C)[C@@]21O. The third kappa shape index (κ3) is 2.73. The monoisotopic (exact) mass is 404 g/mol. The summed E-state index contributed by atoms with van der Waals surface area (Å²) < 4.78 is 11.8. The van der Waals surface area contributed by atoms with Crippen molar-refractivity contribution in [1.29, 1.82) is 0 Å². The van der Waals surface area contributed by atoms with Gasteiger partial charge in [0.1, 0.15) is 29.3 Å². The van der Waals surface area contributed by atoms with Crippen molar-refractivity contribution >= 4 is 11.8 Å². The summed E-state index contributed by atoms with van der Waals surface area (Å²) in [5.41, 5.74) is 4.06. The molecule has 0 radical (unpaired) electrons. The average molecular weight is 404 g/mol. The van der Waals surface area contributed by atoms with Crippen LogP contribution in [0.5, 0.6) is 11.5 Å². The minimum atomic E-state index is -1.29. The zero-order valence-corrected chi connectivity index (χ0v) is 16.9. The first-order valence-electron chi connectivity index (χ1n) is 9.96. The van der Waals surface area contributed by atoms with Gasteiger partial charge in [-0.1, -0.05) is 13.8 Å². The third-order valence-corrected chi connectivity index (χ3v) is 7.31. The maximum Gasteiger partial charge on any atom is 0.255 e. The summed E-state index contributed by atoms with van der Waals surface area (Å²) in [4.78, 5) is 23.4. The number of ether oxygens (including phenoxy) is 2. The molecule has 2 bridgehead atoms. The zero-order chi connectivity index (χ0) is 21.1. The zero-order valence-electron chi connectivity index (χ0n) is 16.9. The van der Waals surface area contributed by atoms with Gasteiger partial charge in [0.25, 0.3) is 5.91 Å². The van der Waals surface area contributed by atoms with Crippen LogP contribution in [0.25, 0.3) is 0 Å². The van der Waals surface area contributed by atoms with Crippen molar-refractivity contribution in [3.05, 3.63) is 23.3 Å². The number of phenols is 1. The highest BCUT2D eigenvalue weighted by atomic mass is 16.5. The smallest absolute Gasteiger partial charge is 0.255 e. The van der Waals surface area contributed by atoms with Crippen molar-refractivity contribution < 1.29 is 29.3 Å². The van der Waals surface area contributed by atoms with Gasteiger partial charge in [0.05, 0.1) is 11.1 Å². The highest BCUT2D eigenvalue weighted by molar-refractivity contribution is 5.98. The summed E-state index contributed by atoms with van der Waals surface area (Å²) in [6.07, 6.45) is 0.356. The molecule has 5 atom stereocenters. The Balaban J connectivity index is 1.70. The molecule has 1 aliphatic heterocycles. The number of amides is 2. The molecule has 1 aromatic carbocycles. The molecule has 8 heteroatoms. The predicted octanol–water partition coefficient (Wildman–Crippen LogP) is 1.24. The van der Waals surface area contributed by atoms with E-state index in [0.29, 0.717) is 11.7 Å². The lowest BCUT2D eigenvalue weighted by molar-refractivity contribution is -0.293. The summed E-state index contributed by atoms with van der Waals surface area (Å²) in [6.45, 7) is 4.36. The van der Waals surface area contributed by atoms with Crippen LogP contribution in [0.3, 0.4) is 0 Å². The van der Waals surface area contributed by atoms with Crippen LogP contribution >= 0.6 is 0 Å². The average Bonchev–Trinajstić information content (AvgIpc) is 2.65. The van der Waals surface area contributed by atoms with Crippen LogP contribution in [0, 0.1) is 17.3 Å². The highest BCUT2D eigenvalue weighted by Gasteiger charge is 2.70. The Morgan fingerprint density at radius 2 is 2.07 bits per heavy atom. The Morgan fingerprint density at radius 3 is 2.69 bits per heavy atom. The third-order valence-electron chi connectivity index (χ3n) is 7.31. The number of carbonyl (C=O) groups excluding carboxylic acids is 2. The Labute approximate surface area is 169 Å². The second kappa shape index (κ2) is 6.60. The number of hydrogen-bond acceptors (Lipinski definition) is 6. The molecule has 3 saturated carbocycles. The summed E-state index contributed by atoms with van der Waals surface area (Å²) in [5, 5.41) is 25.3. The Kier molecular flexibility index (Phi) is 4.55. The van der Waals surface area contributed by atoms with Crippen LogP contribution in [0.4, 0.5) is 0 Å². The van der Waals surface area contributed by atoms with Crippen LogP contribution in [-0.2, 0) is 9.53 Å². The van der Waals surface area contributed by atoms with Crippen molar-refractivity contribution in [2.24, 2.45) is 23.0 Å². The van der Waals surface area contributed by atoms with E-state index < -0.39 is 29.6 Å². The molecule has 3 fully saturated rings. The summed E-state index contributed by atoms with van der Waals surface area (Å²) in [7, 11) is 1.49. The molecule has 29 heavy (non-hydrogen) atoms. The van der Waals surface area contributed by atoms with Crippen LogP contribution in [0.15, 0.2) is 12.1 Å². The van der Waals surface area contributed by atoms with Crippen LogP contribution in [-0.4, -0.2) is 47.4 Å². The first-order valence-corrected chi connectivity index (χ1v) is 9.96. The molecular formula is C21H28N2O6. The molecule has 1 aromatic rings. The number of methoxy groups -OCH3 is 1. The summed E-state index contributed by atoms with van der Waals surface area (Å²) in [6, 6.07) is 3.09. The van der Waals surface area contributed by atoms with Crippen molar-refractivity contribution in [1.82, 2.24) is 5.32 Å².